The maximum absolute atomic E-state index is 4.34. The lowest BCUT2D eigenvalue weighted by Gasteiger charge is -2.18. The van der Waals surface area contributed by atoms with Crippen LogP contribution in [0.2, 0.25) is 0 Å². The topological polar surface area (TPSA) is 42.7 Å². The molecule has 0 aromatic carbocycles. The van der Waals surface area contributed by atoms with Crippen LogP contribution in [-0.4, -0.2) is 27.4 Å². The second-order valence-corrected chi connectivity index (χ2v) is 5.71. The van der Waals surface area contributed by atoms with Crippen molar-refractivity contribution in [3.8, 4) is 0 Å². The summed E-state index contributed by atoms with van der Waals surface area (Å²) in [6, 6.07) is 0.545. The van der Waals surface area contributed by atoms with E-state index in [1.54, 1.807) is 6.33 Å². The summed E-state index contributed by atoms with van der Waals surface area (Å²) < 4.78 is 1.89. The molecule has 1 aromatic rings. The Morgan fingerprint density at radius 1 is 1.10 bits per heavy atom. The van der Waals surface area contributed by atoms with Gasteiger partial charge in [-0.1, -0.05) is 52.4 Å². The Bertz CT molecular complexity index is 335. The molecule has 20 heavy (non-hydrogen) atoms. The van der Waals surface area contributed by atoms with E-state index in [1.807, 2.05) is 11.7 Å². The fourth-order valence-electron chi connectivity index (χ4n) is 2.52. The van der Waals surface area contributed by atoms with Crippen molar-refractivity contribution in [3.63, 3.8) is 0 Å². The molecule has 0 saturated carbocycles. The van der Waals surface area contributed by atoms with Gasteiger partial charge >= 0.3 is 0 Å². The molecular weight excluding hydrogens is 248 g/mol. The van der Waals surface area contributed by atoms with Gasteiger partial charge in [0.25, 0.3) is 0 Å². The highest BCUT2D eigenvalue weighted by atomic mass is 15.3. The van der Waals surface area contributed by atoms with Gasteiger partial charge in [0.2, 0.25) is 0 Å². The third-order valence-electron chi connectivity index (χ3n) is 3.82. The van der Waals surface area contributed by atoms with Gasteiger partial charge in [-0.3, -0.25) is 4.68 Å². The molecule has 1 N–H and O–H groups in total. The Balaban J connectivity index is 2.27. The number of aromatic nitrogens is 3. The lowest BCUT2D eigenvalue weighted by molar-refractivity contribution is 0.438. The fourth-order valence-corrected chi connectivity index (χ4v) is 2.52. The van der Waals surface area contributed by atoms with E-state index in [0.717, 1.165) is 18.8 Å². The third kappa shape index (κ3) is 7.04. The van der Waals surface area contributed by atoms with Crippen LogP contribution < -0.4 is 5.32 Å². The van der Waals surface area contributed by atoms with E-state index in [0.29, 0.717) is 6.04 Å². The van der Waals surface area contributed by atoms with Crippen LogP contribution in [0.5, 0.6) is 0 Å². The number of rotatable bonds is 12. The molecular formula is C16H32N4. The van der Waals surface area contributed by atoms with E-state index >= 15 is 0 Å². The van der Waals surface area contributed by atoms with Crippen molar-refractivity contribution in [2.45, 2.75) is 77.7 Å². The minimum atomic E-state index is 0.545. The van der Waals surface area contributed by atoms with Gasteiger partial charge in [-0.2, -0.15) is 5.10 Å². The van der Waals surface area contributed by atoms with Gasteiger partial charge in [-0.05, 0) is 19.4 Å². The molecule has 0 spiro atoms. The molecule has 0 aliphatic carbocycles. The van der Waals surface area contributed by atoms with Gasteiger partial charge in [0.15, 0.2) is 0 Å². The Labute approximate surface area is 124 Å². The molecule has 0 bridgehead atoms. The van der Waals surface area contributed by atoms with Crippen LogP contribution in [0, 0.1) is 0 Å². The molecule has 1 aromatic heterocycles. The van der Waals surface area contributed by atoms with Crippen molar-refractivity contribution in [2.24, 2.45) is 7.05 Å². The van der Waals surface area contributed by atoms with Crippen LogP contribution in [0.3, 0.4) is 0 Å². The summed E-state index contributed by atoms with van der Waals surface area (Å²) >= 11 is 0. The fraction of sp³-hybridized carbons (Fsp3) is 0.875. The zero-order chi connectivity index (χ0) is 14.6. The summed E-state index contributed by atoms with van der Waals surface area (Å²) in [5.74, 6) is 1.09. The molecule has 1 unspecified atom stereocenters. The maximum atomic E-state index is 4.34. The second kappa shape index (κ2) is 10.8. The molecule has 1 heterocycles. The van der Waals surface area contributed by atoms with Crippen molar-refractivity contribution in [3.05, 3.63) is 12.2 Å². The molecule has 1 atom stereocenters. The van der Waals surface area contributed by atoms with Gasteiger partial charge in [-0.25, -0.2) is 4.98 Å². The average molecular weight is 280 g/mol. The van der Waals surface area contributed by atoms with Crippen LogP contribution in [-0.2, 0) is 13.5 Å². The van der Waals surface area contributed by atoms with E-state index in [1.165, 1.54) is 51.4 Å². The zero-order valence-electron chi connectivity index (χ0n) is 13.6. The molecule has 0 fully saturated rings. The van der Waals surface area contributed by atoms with E-state index < -0.39 is 0 Å². The second-order valence-electron chi connectivity index (χ2n) is 5.71. The highest BCUT2D eigenvalue weighted by Gasteiger charge is 2.11. The number of unbranched alkanes of at least 4 members (excludes halogenated alkanes) is 5. The number of nitrogens with zero attached hydrogens (tertiary/aromatic N) is 3. The van der Waals surface area contributed by atoms with Crippen molar-refractivity contribution in [2.75, 3.05) is 6.54 Å². The predicted molar refractivity (Wildman–Crippen MR) is 84.8 cm³/mol. The monoisotopic (exact) mass is 280 g/mol. The predicted octanol–water partition coefficient (Wildman–Crippen LogP) is 3.48. The number of hydrogen-bond donors (Lipinski definition) is 1. The SMILES string of the molecule is CCCCCCCCC(Cc1ncnn1C)NCCC. The number of hydrogen-bond acceptors (Lipinski definition) is 3. The smallest absolute Gasteiger partial charge is 0.138 e. The largest absolute Gasteiger partial charge is 0.314 e. The highest BCUT2D eigenvalue weighted by molar-refractivity contribution is 4.89. The van der Waals surface area contributed by atoms with Crippen molar-refractivity contribution >= 4 is 0 Å². The van der Waals surface area contributed by atoms with Crippen molar-refractivity contribution < 1.29 is 0 Å². The summed E-state index contributed by atoms with van der Waals surface area (Å²) in [6.07, 6.45) is 13.3. The first-order chi connectivity index (χ1) is 9.77. The van der Waals surface area contributed by atoms with Gasteiger partial charge in [0, 0.05) is 19.5 Å². The minimum absolute atomic E-state index is 0.545. The van der Waals surface area contributed by atoms with Crippen LogP contribution in [0.25, 0.3) is 0 Å². The van der Waals surface area contributed by atoms with Crippen LogP contribution >= 0.6 is 0 Å². The van der Waals surface area contributed by atoms with Crippen LogP contribution in [0.4, 0.5) is 0 Å². The van der Waals surface area contributed by atoms with Gasteiger partial charge in [-0.15, -0.1) is 0 Å². The standard InChI is InChI=1S/C16H32N4/c1-4-6-7-8-9-10-11-15(17-12-5-2)13-16-18-14-19-20(16)3/h14-15,17H,4-13H2,1-3H3. The maximum Gasteiger partial charge on any atom is 0.138 e. The minimum Gasteiger partial charge on any atom is -0.314 e. The van der Waals surface area contributed by atoms with Crippen molar-refractivity contribution in [1.29, 1.82) is 0 Å². The Hall–Kier alpha value is -0.900. The Morgan fingerprint density at radius 2 is 1.85 bits per heavy atom. The third-order valence-corrected chi connectivity index (χ3v) is 3.82. The number of aryl methyl sites for hydroxylation is 1. The molecule has 0 aliphatic rings. The molecule has 1 rings (SSSR count). The quantitative estimate of drug-likeness (QED) is 0.596. The van der Waals surface area contributed by atoms with E-state index in [-0.39, 0.29) is 0 Å². The average Bonchev–Trinajstić information content (AvgIpc) is 2.85. The van der Waals surface area contributed by atoms with E-state index in [2.05, 4.69) is 29.2 Å². The molecule has 116 valence electrons. The summed E-state index contributed by atoms with van der Waals surface area (Å²) in [7, 11) is 1.98. The lowest BCUT2D eigenvalue weighted by atomic mass is 10.0. The first-order valence-corrected chi connectivity index (χ1v) is 8.34. The first kappa shape index (κ1) is 17.2. The van der Waals surface area contributed by atoms with Crippen LogP contribution in [0.1, 0.15) is 71.0 Å². The summed E-state index contributed by atoms with van der Waals surface area (Å²) in [4.78, 5) is 4.34. The summed E-state index contributed by atoms with van der Waals surface area (Å²) in [5.41, 5.74) is 0. The van der Waals surface area contributed by atoms with Gasteiger partial charge < -0.3 is 5.32 Å². The van der Waals surface area contributed by atoms with E-state index in [9.17, 15) is 0 Å². The first-order valence-electron chi connectivity index (χ1n) is 8.34. The lowest BCUT2D eigenvalue weighted by Crippen LogP contribution is -2.32. The van der Waals surface area contributed by atoms with Crippen LogP contribution in [0.15, 0.2) is 6.33 Å². The molecule has 4 heteroatoms. The molecule has 0 amide bonds. The van der Waals surface area contributed by atoms with Gasteiger partial charge in [0.05, 0.1) is 0 Å². The molecule has 0 saturated heterocycles. The normalized spacial score (nSPS) is 12.8. The van der Waals surface area contributed by atoms with Gasteiger partial charge in [0.1, 0.15) is 12.2 Å². The molecule has 0 radical (unpaired) electrons. The highest BCUT2D eigenvalue weighted by Crippen LogP contribution is 2.11. The number of nitrogens with one attached hydrogen (secondary N) is 1. The van der Waals surface area contributed by atoms with E-state index in [4.69, 9.17) is 0 Å². The summed E-state index contributed by atoms with van der Waals surface area (Å²) in [5, 5.41) is 7.81. The Morgan fingerprint density at radius 3 is 2.50 bits per heavy atom. The zero-order valence-corrected chi connectivity index (χ0v) is 13.6. The Kier molecular flexibility index (Phi) is 9.29. The van der Waals surface area contributed by atoms with Crippen molar-refractivity contribution in [1.82, 2.24) is 20.1 Å². The molecule has 4 nitrogen and oxygen atoms in total. The summed E-state index contributed by atoms with van der Waals surface area (Å²) in [6.45, 7) is 5.58. The molecule has 0 aliphatic heterocycles.